The van der Waals surface area contributed by atoms with E-state index in [9.17, 15) is 14.4 Å². The fourth-order valence-corrected chi connectivity index (χ4v) is 3.66. The molecule has 0 radical (unpaired) electrons. The molecule has 3 amide bonds. The Morgan fingerprint density at radius 3 is 2.70 bits per heavy atom. The molecular formula is C21H16ClN3O4S. The zero-order valence-electron chi connectivity index (χ0n) is 15.6. The molecule has 30 heavy (non-hydrogen) atoms. The molecule has 1 saturated heterocycles. The van der Waals surface area contributed by atoms with E-state index in [1.807, 2.05) is 6.07 Å². The third kappa shape index (κ3) is 5.20. The van der Waals surface area contributed by atoms with Crippen LogP contribution in [0.25, 0.3) is 6.08 Å². The summed E-state index contributed by atoms with van der Waals surface area (Å²) in [4.78, 5) is 37.9. The molecule has 2 aromatic carbocycles. The van der Waals surface area contributed by atoms with Crippen LogP contribution in [-0.4, -0.2) is 41.6 Å². The molecule has 152 valence electrons. The number of nitrogens with one attached hydrogen (secondary N) is 1. The highest BCUT2D eigenvalue weighted by Gasteiger charge is 2.34. The van der Waals surface area contributed by atoms with E-state index in [2.05, 4.69) is 5.32 Å². The minimum absolute atomic E-state index is 0.0328. The topological polar surface area (TPSA) is 99.5 Å². The molecule has 7 nitrogen and oxygen atoms in total. The predicted molar refractivity (Wildman–Crippen MR) is 114 cm³/mol. The normalized spacial score (nSPS) is 14.7. The molecule has 3 rings (SSSR count). The zero-order chi connectivity index (χ0) is 21.5. The number of thioether (sulfide) groups is 1. The van der Waals surface area contributed by atoms with E-state index in [4.69, 9.17) is 21.6 Å². The van der Waals surface area contributed by atoms with Crippen LogP contribution in [0.3, 0.4) is 0 Å². The fraction of sp³-hybridized carbons (Fsp3) is 0.143. The second-order valence-corrected chi connectivity index (χ2v) is 7.50. The molecule has 0 bridgehead atoms. The van der Waals surface area contributed by atoms with Gasteiger partial charge in [-0.1, -0.05) is 41.9 Å². The van der Waals surface area contributed by atoms with E-state index in [-0.39, 0.29) is 24.6 Å². The number of carbonyl (C=O) groups excluding carboxylic acids is 3. The summed E-state index contributed by atoms with van der Waals surface area (Å²) >= 11 is 6.92. The van der Waals surface area contributed by atoms with Crippen molar-refractivity contribution >= 4 is 46.5 Å². The van der Waals surface area contributed by atoms with Gasteiger partial charge >= 0.3 is 0 Å². The summed E-state index contributed by atoms with van der Waals surface area (Å²) in [5, 5.41) is 11.7. The Balaban J connectivity index is 1.50. The van der Waals surface area contributed by atoms with E-state index in [1.54, 1.807) is 54.6 Å². The summed E-state index contributed by atoms with van der Waals surface area (Å²) in [5.41, 5.74) is 0.973. The van der Waals surface area contributed by atoms with Crippen molar-refractivity contribution in [2.75, 3.05) is 19.7 Å². The van der Waals surface area contributed by atoms with Gasteiger partial charge in [0.2, 0.25) is 0 Å². The molecule has 0 saturated carbocycles. The summed E-state index contributed by atoms with van der Waals surface area (Å²) in [7, 11) is 0. The first-order chi connectivity index (χ1) is 14.5. The van der Waals surface area contributed by atoms with Crippen molar-refractivity contribution in [2.45, 2.75) is 0 Å². The predicted octanol–water partition coefficient (Wildman–Crippen LogP) is 3.44. The van der Waals surface area contributed by atoms with Crippen molar-refractivity contribution in [1.29, 1.82) is 5.26 Å². The summed E-state index contributed by atoms with van der Waals surface area (Å²) in [5.74, 6) is -0.550. The molecule has 0 atom stereocenters. The number of hydrogen-bond acceptors (Lipinski definition) is 6. The Bertz CT molecular complexity index is 1060. The maximum Gasteiger partial charge on any atom is 0.293 e. The number of benzene rings is 2. The van der Waals surface area contributed by atoms with Crippen LogP contribution < -0.4 is 10.1 Å². The Labute approximate surface area is 182 Å². The number of hydrogen-bond donors (Lipinski definition) is 1. The molecule has 0 unspecified atom stereocenters. The van der Waals surface area contributed by atoms with Crippen molar-refractivity contribution in [3.05, 3.63) is 69.6 Å². The van der Waals surface area contributed by atoms with Crippen LogP contribution in [0.15, 0.2) is 53.4 Å². The van der Waals surface area contributed by atoms with Gasteiger partial charge < -0.3 is 10.1 Å². The first-order valence-electron chi connectivity index (χ1n) is 8.88. The van der Waals surface area contributed by atoms with Crippen LogP contribution in [0, 0.1) is 11.3 Å². The quantitative estimate of drug-likeness (QED) is 0.660. The number of amides is 3. The first-order valence-corrected chi connectivity index (χ1v) is 10.1. The third-order valence-corrected chi connectivity index (χ3v) is 5.34. The second kappa shape index (κ2) is 9.96. The highest BCUT2D eigenvalue weighted by molar-refractivity contribution is 8.18. The lowest BCUT2D eigenvalue weighted by Gasteiger charge is -2.13. The van der Waals surface area contributed by atoms with Crippen LogP contribution in [-0.2, 0) is 9.59 Å². The standard InChI is InChI=1S/C21H16ClN3O4S/c22-16-7-3-1-5-14(16)11-18-20(27)25(21(28)30-18)10-9-24-19(26)13-29-17-8-4-2-6-15(17)12-23/h1-8,11H,9-10,13H2,(H,24,26)/b18-11-. The Morgan fingerprint density at radius 2 is 1.93 bits per heavy atom. The molecule has 1 N–H and O–H groups in total. The molecule has 1 heterocycles. The summed E-state index contributed by atoms with van der Waals surface area (Å²) < 4.78 is 5.34. The van der Waals surface area contributed by atoms with Gasteiger partial charge in [0, 0.05) is 18.1 Å². The Hall–Kier alpha value is -3.28. The Kier molecular flexibility index (Phi) is 7.12. The van der Waals surface area contributed by atoms with Gasteiger partial charge in [-0.15, -0.1) is 0 Å². The number of para-hydroxylation sites is 1. The summed E-state index contributed by atoms with van der Waals surface area (Å²) in [6.45, 7) is -0.169. The molecule has 0 spiro atoms. The van der Waals surface area contributed by atoms with Gasteiger partial charge in [-0.2, -0.15) is 5.26 Å². The molecule has 0 aromatic heterocycles. The minimum atomic E-state index is -0.432. The van der Waals surface area contributed by atoms with Crippen molar-refractivity contribution in [3.8, 4) is 11.8 Å². The first kappa shape index (κ1) is 21.4. The van der Waals surface area contributed by atoms with Gasteiger partial charge in [0.15, 0.2) is 6.61 Å². The molecule has 9 heteroatoms. The third-order valence-electron chi connectivity index (χ3n) is 4.09. The van der Waals surface area contributed by atoms with Crippen LogP contribution in [0.5, 0.6) is 5.75 Å². The van der Waals surface area contributed by atoms with E-state index >= 15 is 0 Å². The van der Waals surface area contributed by atoms with E-state index < -0.39 is 17.1 Å². The number of ether oxygens (including phenoxy) is 1. The molecule has 0 aliphatic carbocycles. The molecular weight excluding hydrogens is 426 g/mol. The average molecular weight is 442 g/mol. The number of rotatable bonds is 7. The molecule has 1 aliphatic heterocycles. The highest BCUT2D eigenvalue weighted by atomic mass is 35.5. The minimum Gasteiger partial charge on any atom is -0.482 e. The maximum absolute atomic E-state index is 12.5. The smallest absolute Gasteiger partial charge is 0.293 e. The van der Waals surface area contributed by atoms with Crippen molar-refractivity contribution in [2.24, 2.45) is 0 Å². The largest absolute Gasteiger partial charge is 0.482 e. The van der Waals surface area contributed by atoms with Gasteiger partial charge in [0.05, 0.1) is 10.5 Å². The number of imide groups is 1. The lowest BCUT2D eigenvalue weighted by molar-refractivity contribution is -0.125. The fourth-order valence-electron chi connectivity index (χ4n) is 2.61. The van der Waals surface area contributed by atoms with Crippen molar-refractivity contribution in [3.63, 3.8) is 0 Å². The van der Waals surface area contributed by atoms with Crippen LogP contribution in [0.2, 0.25) is 5.02 Å². The maximum atomic E-state index is 12.5. The molecule has 1 fully saturated rings. The van der Waals surface area contributed by atoms with Gasteiger partial charge in [-0.3, -0.25) is 19.3 Å². The number of carbonyl (C=O) groups is 3. The Morgan fingerprint density at radius 1 is 1.20 bits per heavy atom. The van der Waals surface area contributed by atoms with Crippen LogP contribution >= 0.6 is 23.4 Å². The van der Waals surface area contributed by atoms with Crippen molar-refractivity contribution in [1.82, 2.24) is 10.2 Å². The lowest BCUT2D eigenvalue weighted by Crippen LogP contribution is -2.38. The number of nitrogens with zero attached hydrogens (tertiary/aromatic N) is 2. The van der Waals surface area contributed by atoms with Gasteiger partial charge in [0.25, 0.3) is 17.1 Å². The summed E-state index contributed by atoms with van der Waals surface area (Å²) in [6, 6.07) is 15.6. The van der Waals surface area contributed by atoms with Crippen LogP contribution in [0.4, 0.5) is 4.79 Å². The van der Waals surface area contributed by atoms with E-state index in [0.717, 1.165) is 16.7 Å². The average Bonchev–Trinajstić information content (AvgIpc) is 3.01. The SMILES string of the molecule is N#Cc1ccccc1OCC(=O)NCCN1C(=O)S/C(=C\c2ccccc2Cl)C1=O. The van der Waals surface area contributed by atoms with Gasteiger partial charge in [-0.25, -0.2) is 0 Å². The van der Waals surface area contributed by atoms with Gasteiger partial charge in [0.1, 0.15) is 11.8 Å². The molecule has 1 aliphatic rings. The van der Waals surface area contributed by atoms with E-state index in [1.165, 1.54) is 0 Å². The zero-order valence-corrected chi connectivity index (χ0v) is 17.2. The highest BCUT2D eigenvalue weighted by Crippen LogP contribution is 2.33. The van der Waals surface area contributed by atoms with E-state index in [0.29, 0.717) is 21.9 Å². The lowest BCUT2D eigenvalue weighted by atomic mass is 10.2. The second-order valence-electron chi connectivity index (χ2n) is 6.10. The van der Waals surface area contributed by atoms with Crippen LogP contribution in [0.1, 0.15) is 11.1 Å². The number of nitriles is 1. The summed E-state index contributed by atoms with van der Waals surface area (Å²) in [6.07, 6.45) is 1.58. The van der Waals surface area contributed by atoms with Gasteiger partial charge in [-0.05, 0) is 41.6 Å². The molecule has 2 aromatic rings. The number of halogens is 1. The van der Waals surface area contributed by atoms with Crippen molar-refractivity contribution < 1.29 is 19.1 Å². The monoisotopic (exact) mass is 441 g/mol.